The number of anilines is 1. The van der Waals surface area contributed by atoms with E-state index in [2.05, 4.69) is 40.9 Å². The van der Waals surface area contributed by atoms with Gasteiger partial charge in [0.15, 0.2) is 23.8 Å². The van der Waals surface area contributed by atoms with Crippen LogP contribution >= 0.6 is 0 Å². The lowest BCUT2D eigenvalue weighted by Gasteiger charge is -2.29. The first-order chi connectivity index (χ1) is 12.0. The third kappa shape index (κ3) is 3.51. The topological polar surface area (TPSA) is 206 Å². The Labute approximate surface area is 144 Å². The molecule has 12 nitrogen and oxygen atoms in total. The minimum atomic E-state index is -0.216. The van der Waals surface area contributed by atoms with Gasteiger partial charge in [0.2, 0.25) is 0 Å². The molecule has 0 fully saturated rings. The van der Waals surface area contributed by atoms with Gasteiger partial charge in [-0.05, 0) is 0 Å². The maximum absolute atomic E-state index is 5.94. The third-order valence-electron chi connectivity index (χ3n) is 4.31. The molecule has 4 atom stereocenters. The van der Waals surface area contributed by atoms with Gasteiger partial charge in [-0.2, -0.15) is 0 Å². The van der Waals surface area contributed by atoms with Crippen molar-refractivity contribution in [3.8, 4) is 0 Å². The summed E-state index contributed by atoms with van der Waals surface area (Å²) in [4.78, 5) is 20.4. The highest BCUT2D eigenvalue weighted by atomic mass is 15.3. The number of imidazole rings is 1. The van der Waals surface area contributed by atoms with Crippen molar-refractivity contribution in [2.75, 3.05) is 25.5 Å². The zero-order chi connectivity index (χ0) is 18.0. The molecular formula is C13H24N12. The van der Waals surface area contributed by atoms with Gasteiger partial charge in [-0.25, -0.2) is 9.98 Å². The number of guanidine groups is 3. The third-order valence-corrected chi connectivity index (χ3v) is 4.31. The fourth-order valence-electron chi connectivity index (χ4n) is 3.14. The molecule has 2 aliphatic heterocycles. The van der Waals surface area contributed by atoms with Gasteiger partial charge in [0, 0.05) is 18.7 Å². The largest absolute Gasteiger partial charge is 0.370 e. The molecule has 25 heavy (non-hydrogen) atoms. The Bertz CT molecular complexity index is 700. The van der Waals surface area contributed by atoms with Crippen LogP contribution in [0.3, 0.4) is 0 Å². The van der Waals surface area contributed by atoms with E-state index in [1.54, 1.807) is 13.2 Å². The molecule has 0 radical (unpaired) electrons. The summed E-state index contributed by atoms with van der Waals surface area (Å²) in [7, 11) is 1.78. The Morgan fingerprint density at radius 3 is 2.76 bits per heavy atom. The van der Waals surface area contributed by atoms with E-state index in [1.165, 1.54) is 0 Å². The second kappa shape index (κ2) is 6.75. The standard InChI is InChI=1S/C13H24N12/c1-18-13-21-3-6(23-13)5(2-19-10(14)15)8-9(25-12(17)24-8)7-4-20-11(16)22-7/h3,5,7-9H,2,4H2,1H3,(H4,14,15,19)(H3,16,20,22)(H3,17,24,25)(H2,18,21,23). The lowest BCUT2D eigenvalue weighted by atomic mass is 9.88. The Kier molecular flexibility index (Phi) is 4.50. The van der Waals surface area contributed by atoms with Crippen molar-refractivity contribution in [3.05, 3.63) is 11.9 Å². The molecule has 12 heteroatoms. The SMILES string of the molecule is CNc1ncc(C(CN=C(N)N)C2N=C(N)NC2C2CN=C(N)N2)[nH]1. The second-order valence-corrected chi connectivity index (χ2v) is 5.96. The Morgan fingerprint density at radius 2 is 2.16 bits per heavy atom. The number of nitrogens with one attached hydrogen (secondary N) is 4. The maximum Gasteiger partial charge on any atom is 0.200 e. The molecule has 3 rings (SSSR count). The summed E-state index contributed by atoms with van der Waals surface area (Å²) in [5.41, 5.74) is 23.6. The minimum Gasteiger partial charge on any atom is -0.370 e. The molecule has 0 amide bonds. The van der Waals surface area contributed by atoms with Crippen LogP contribution in [0.15, 0.2) is 21.2 Å². The summed E-state index contributed by atoms with van der Waals surface area (Å²) >= 11 is 0. The van der Waals surface area contributed by atoms with Crippen molar-refractivity contribution in [1.82, 2.24) is 20.6 Å². The molecule has 2 aliphatic rings. The highest BCUT2D eigenvalue weighted by Gasteiger charge is 2.41. The smallest absolute Gasteiger partial charge is 0.200 e. The first-order valence-corrected chi connectivity index (χ1v) is 7.92. The van der Waals surface area contributed by atoms with Crippen molar-refractivity contribution in [2.45, 2.75) is 24.0 Å². The van der Waals surface area contributed by atoms with Gasteiger partial charge in [0.1, 0.15) is 0 Å². The van der Waals surface area contributed by atoms with Crippen LogP contribution in [0.25, 0.3) is 0 Å². The molecule has 0 aromatic carbocycles. The monoisotopic (exact) mass is 348 g/mol. The Morgan fingerprint density at radius 1 is 1.36 bits per heavy atom. The summed E-state index contributed by atoms with van der Waals surface area (Å²) in [6.45, 7) is 0.888. The van der Waals surface area contributed by atoms with Crippen LogP contribution in [-0.4, -0.2) is 66.1 Å². The lowest BCUT2D eigenvalue weighted by Crippen LogP contribution is -2.55. The van der Waals surface area contributed by atoms with Crippen molar-refractivity contribution < 1.29 is 0 Å². The molecule has 0 saturated heterocycles. The van der Waals surface area contributed by atoms with Crippen molar-refractivity contribution in [3.63, 3.8) is 0 Å². The average Bonchev–Trinajstić information content (AvgIpc) is 3.27. The number of aliphatic imine (C=N–C) groups is 3. The average molecular weight is 348 g/mol. The van der Waals surface area contributed by atoms with E-state index in [0.717, 1.165) is 5.69 Å². The number of H-pyrrole nitrogens is 1. The van der Waals surface area contributed by atoms with E-state index < -0.39 is 0 Å². The number of hydrogen-bond donors (Lipinski definition) is 8. The van der Waals surface area contributed by atoms with E-state index in [0.29, 0.717) is 31.0 Å². The number of nitrogens with zero attached hydrogens (tertiary/aromatic N) is 4. The predicted octanol–water partition coefficient (Wildman–Crippen LogP) is -3.25. The number of hydrogen-bond acceptors (Lipinski definition) is 9. The summed E-state index contributed by atoms with van der Waals surface area (Å²) in [6, 6.07) is -0.347. The lowest BCUT2D eigenvalue weighted by molar-refractivity contribution is 0.386. The molecule has 4 unspecified atom stereocenters. The molecule has 0 spiro atoms. The van der Waals surface area contributed by atoms with Crippen LogP contribution in [0.4, 0.5) is 5.95 Å². The van der Waals surface area contributed by atoms with Crippen LogP contribution < -0.4 is 38.9 Å². The summed E-state index contributed by atoms with van der Waals surface area (Å²) in [5.74, 6) is 1.29. The number of aromatic nitrogens is 2. The highest BCUT2D eigenvalue weighted by molar-refractivity contribution is 5.82. The van der Waals surface area contributed by atoms with Gasteiger partial charge in [0.25, 0.3) is 0 Å². The molecule has 0 saturated carbocycles. The van der Waals surface area contributed by atoms with Crippen LogP contribution in [-0.2, 0) is 0 Å². The van der Waals surface area contributed by atoms with Crippen molar-refractivity contribution >= 4 is 23.8 Å². The van der Waals surface area contributed by atoms with Crippen LogP contribution in [0.2, 0.25) is 0 Å². The molecule has 0 bridgehead atoms. The van der Waals surface area contributed by atoms with Crippen LogP contribution in [0.1, 0.15) is 11.6 Å². The van der Waals surface area contributed by atoms with E-state index in [1.807, 2.05) is 0 Å². The molecular weight excluding hydrogens is 324 g/mol. The molecule has 12 N–H and O–H groups in total. The number of aromatic amines is 1. The molecule has 1 aromatic rings. The zero-order valence-corrected chi connectivity index (χ0v) is 13.9. The van der Waals surface area contributed by atoms with Crippen molar-refractivity contribution in [1.29, 1.82) is 0 Å². The van der Waals surface area contributed by atoms with Gasteiger partial charge < -0.3 is 43.9 Å². The number of rotatable bonds is 6. The van der Waals surface area contributed by atoms with Gasteiger partial charge in [-0.3, -0.25) is 9.98 Å². The quantitative estimate of drug-likeness (QED) is 0.193. The van der Waals surface area contributed by atoms with Crippen LogP contribution in [0.5, 0.6) is 0 Å². The Hall–Kier alpha value is -3.18. The molecule has 136 valence electrons. The van der Waals surface area contributed by atoms with Gasteiger partial charge in [-0.15, -0.1) is 0 Å². The normalized spacial score (nSPS) is 26.2. The fraction of sp³-hybridized carbons (Fsp3) is 0.538. The zero-order valence-electron chi connectivity index (χ0n) is 13.9. The molecule has 0 aliphatic carbocycles. The predicted molar refractivity (Wildman–Crippen MR) is 97.3 cm³/mol. The van der Waals surface area contributed by atoms with Gasteiger partial charge in [0.05, 0.1) is 37.4 Å². The van der Waals surface area contributed by atoms with Gasteiger partial charge in [-0.1, -0.05) is 0 Å². The summed E-state index contributed by atoms with van der Waals surface area (Å²) < 4.78 is 0. The molecule has 1 aromatic heterocycles. The van der Waals surface area contributed by atoms with E-state index in [-0.39, 0.29) is 30.0 Å². The van der Waals surface area contributed by atoms with E-state index >= 15 is 0 Å². The van der Waals surface area contributed by atoms with E-state index in [9.17, 15) is 0 Å². The number of nitrogens with two attached hydrogens (primary N) is 4. The highest BCUT2D eigenvalue weighted by Crippen LogP contribution is 2.28. The second-order valence-electron chi connectivity index (χ2n) is 5.96. The van der Waals surface area contributed by atoms with Crippen LogP contribution in [0, 0.1) is 0 Å². The molecule has 3 heterocycles. The Balaban J connectivity index is 1.88. The first kappa shape index (κ1) is 16.7. The van der Waals surface area contributed by atoms with E-state index in [4.69, 9.17) is 22.9 Å². The maximum atomic E-state index is 5.94. The summed E-state index contributed by atoms with van der Waals surface area (Å²) in [5, 5.41) is 9.31. The summed E-state index contributed by atoms with van der Waals surface area (Å²) in [6.07, 6.45) is 1.74. The van der Waals surface area contributed by atoms with Crippen molar-refractivity contribution in [2.24, 2.45) is 37.9 Å². The first-order valence-electron chi connectivity index (χ1n) is 7.92. The fourth-order valence-corrected chi connectivity index (χ4v) is 3.14. The minimum absolute atomic E-state index is 0.0179. The van der Waals surface area contributed by atoms with Gasteiger partial charge >= 0.3 is 0 Å².